The Bertz CT molecular complexity index is 1210. The van der Waals surface area contributed by atoms with Crippen LogP contribution in [0.1, 0.15) is 15.9 Å². The number of nitrogens with one attached hydrogen (secondary N) is 3. The van der Waals surface area contributed by atoms with Gasteiger partial charge in [0.05, 0.1) is 15.8 Å². The van der Waals surface area contributed by atoms with Crippen molar-refractivity contribution in [3.8, 4) is 0 Å². The molecule has 2 aromatic carbocycles. The van der Waals surface area contributed by atoms with Gasteiger partial charge in [0.1, 0.15) is 12.0 Å². The van der Waals surface area contributed by atoms with E-state index >= 15 is 0 Å². The Morgan fingerprint density at radius 2 is 1.90 bits per heavy atom. The average Bonchev–Trinajstić information content (AvgIpc) is 3.13. The second-order valence-electron chi connectivity index (χ2n) is 6.11. The van der Waals surface area contributed by atoms with Crippen molar-refractivity contribution in [3.63, 3.8) is 0 Å². The highest BCUT2D eigenvalue weighted by atomic mass is 79.9. The van der Waals surface area contributed by atoms with E-state index in [1.165, 1.54) is 17.7 Å². The Hall–Kier alpha value is -3.24. The summed E-state index contributed by atoms with van der Waals surface area (Å²) in [5, 5.41) is 3.80. The van der Waals surface area contributed by atoms with Crippen LogP contribution in [0.2, 0.25) is 0 Å². The molecule has 0 radical (unpaired) electrons. The summed E-state index contributed by atoms with van der Waals surface area (Å²) in [6, 6.07) is 13.1. The molecule has 4 rings (SSSR count). The summed E-state index contributed by atoms with van der Waals surface area (Å²) in [6.45, 7) is 2.01. The molecule has 0 aliphatic heterocycles. The van der Waals surface area contributed by atoms with Gasteiger partial charge in [0, 0.05) is 4.47 Å². The molecule has 0 aliphatic rings. The standard InChI is InChI=1S/C19H16BrN7OS/c1-10-5-4-8-13-15(10)24-19(29-13)25-16-14(21)17(23-9-22-16)26-27-18(28)11-6-2-3-7-12(11)20/h2-9H,21H2,1H3,(H,27,28)(H2,22,23,24,25,26). The minimum Gasteiger partial charge on any atom is -0.393 e. The first-order valence-corrected chi connectivity index (χ1v) is 10.2. The van der Waals surface area contributed by atoms with Gasteiger partial charge in [-0.1, -0.05) is 35.6 Å². The van der Waals surface area contributed by atoms with Crippen LogP contribution in [-0.2, 0) is 0 Å². The lowest BCUT2D eigenvalue weighted by Crippen LogP contribution is -2.30. The number of anilines is 4. The Kier molecular flexibility index (Phi) is 5.28. The van der Waals surface area contributed by atoms with Gasteiger partial charge in [-0.15, -0.1) is 0 Å². The molecule has 0 saturated heterocycles. The zero-order valence-electron chi connectivity index (χ0n) is 15.2. The normalized spacial score (nSPS) is 10.7. The molecule has 0 unspecified atom stereocenters. The van der Waals surface area contributed by atoms with Crippen LogP contribution in [0.4, 0.5) is 22.5 Å². The Morgan fingerprint density at radius 1 is 1.10 bits per heavy atom. The topological polar surface area (TPSA) is 118 Å². The molecule has 4 aromatic rings. The van der Waals surface area contributed by atoms with E-state index in [1.807, 2.05) is 31.2 Å². The maximum Gasteiger partial charge on any atom is 0.270 e. The smallest absolute Gasteiger partial charge is 0.270 e. The first-order valence-electron chi connectivity index (χ1n) is 8.57. The van der Waals surface area contributed by atoms with Gasteiger partial charge in [-0.3, -0.25) is 15.6 Å². The molecule has 146 valence electrons. The Morgan fingerprint density at radius 3 is 2.69 bits per heavy atom. The predicted octanol–water partition coefficient (Wildman–Crippen LogP) is 4.24. The van der Waals surface area contributed by atoms with Gasteiger partial charge >= 0.3 is 0 Å². The number of hydrazine groups is 1. The molecule has 29 heavy (non-hydrogen) atoms. The molecule has 1 amide bonds. The first kappa shape index (κ1) is 19.1. The number of rotatable bonds is 5. The van der Waals surface area contributed by atoms with Crippen LogP contribution in [-0.4, -0.2) is 20.9 Å². The highest BCUT2D eigenvalue weighted by Gasteiger charge is 2.13. The fourth-order valence-corrected chi connectivity index (χ4v) is 4.07. The maximum absolute atomic E-state index is 12.3. The Balaban J connectivity index is 1.52. The maximum atomic E-state index is 12.3. The molecule has 5 N–H and O–H groups in total. The van der Waals surface area contributed by atoms with E-state index in [-0.39, 0.29) is 17.4 Å². The number of fused-ring (bicyclic) bond motifs is 1. The van der Waals surface area contributed by atoms with Crippen LogP contribution in [0.15, 0.2) is 53.3 Å². The Labute approximate surface area is 178 Å². The monoisotopic (exact) mass is 469 g/mol. The van der Waals surface area contributed by atoms with E-state index in [4.69, 9.17) is 5.73 Å². The molecule has 8 nitrogen and oxygen atoms in total. The highest BCUT2D eigenvalue weighted by molar-refractivity contribution is 9.10. The summed E-state index contributed by atoms with van der Waals surface area (Å²) in [5.74, 6) is 0.348. The number of benzene rings is 2. The van der Waals surface area contributed by atoms with Gasteiger partial charge in [0.15, 0.2) is 16.8 Å². The highest BCUT2D eigenvalue weighted by Crippen LogP contribution is 2.32. The summed E-state index contributed by atoms with van der Waals surface area (Å²) in [6.07, 6.45) is 1.35. The second kappa shape index (κ2) is 8.02. The third-order valence-electron chi connectivity index (χ3n) is 4.14. The van der Waals surface area contributed by atoms with Crippen molar-refractivity contribution < 1.29 is 4.79 Å². The molecular formula is C19H16BrN7OS. The van der Waals surface area contributed by atoms with Gasteiger partial charge < -0.3 is 11.1 Å². The number of carbonyl (C=O) groups excluding carboxylic acids is 1. The number of carbonyl (C=O) groups is 1. The summed E-state index contributed by atoms with van der Waals surface area (Å²) < 4.78 is 1.75. The van der Waals surface area contributed by atoms with Crippen LogP contribution in [0.3, 0.4) is 0 Å². The molecule has 10 heteroatoms. The van der Waals surface area contributed by atoms with Gasteiger partial charge in [-0.25, -0.2) is 15.0 Å². The molecule has 0 atom stereocenters. The van der Waals surface area contributed by atoms with Crippen LogP contribution in [0.25, 0.3) is 10.2 Å². The number of aromatic nitrogens is 3. The molecule has 0 aliphatic carbocycles. The van der Waals surface area contributed by atoms with E-state index in [0.717, 1.165) is 15.8 Å². The van der Waals surface area contributed by atoms with Crippen LogP contribution in [0.5, 0.6) is 0 Å². The van der Waals surface area contributed by atoms with Crippen molar-refractivity contribution in [2.45, 2.75) is 6.92 Å². The van der Waals surface area contributed by atoms with Crippen molar-refractivity contribution in [2.24, 2.45) is 0 Å². The lowest BCUT2D eigenvalue weighted by atomic mass is 10.2. The van der Waals surface area contributed by atoms with Crippen molar-refractivity contribution in [1.29, 1.82) is 0 Å². The quantitative estimate of drug-likeness (QED) is 0.322. The largest absolute Gasteiger partial charge is 0.393 e. The molecule has 2 heterocycles. The third-order valence-corrected chi connectivity index (χ3v) is 5.77. The second-order valence-corrected chi connectivity index (χ2v) is 7.99. The molecular weight excluding hydrogens is 454 g/mol. The summed E-state index contributed by atoms with van der Waals surface area (Å²) >= 11 is 4.86. The van der Waals surface area contributed by atoms with Crippen LogP contribution >= 0.6 is 27.3 Å². The van der Waals surface area contributed by atoms with E-state index < -0.39 is 0 Å². The number of hydrogen-bond donors (Lipinski definition) is 4. The van der Waals surface area contributed by atoms with Crippen LogP contribution in [0, 0.1) is 6.92 Å². The lowest BCUT2D eigenvalue weighted by Gasteiger charge is -2.12. The van der Waals surface area contributed by atoms with Gasteiger partial charge in [-0.2, -0.15) is 0 Å². The number of nitrogen functional groups attached to an aromatic ring is 1. The van der Waals surface area contributed by atoms with Crippen LogP contribution < -0.4 is 21.9 Å². The predicted molar refractivity (Wildman–Crippen MR) is 119 cm³/mol. The van der Waals surface area contributed by atoms with Gasteiger partial charge in [-0.05, 0) is 46.6 Å². The molecule has 0 bridgehead atoms. The summed E-state index contributed by atoms with van der Waals surface area (Å²) in [4.78, 5) is 25.2. The molecule has 2 aromatic heterocycles. The van der Waals surface area contributed by atoms with Crippen molar-refractivity contribution in [3.05, 3.63) is 64.4 Å². The van der Waals surface area contributed by atoms with Crippen molar-refractivity contribution in [2.75, 3.05) is 16.5 Å². The van der Waals surface area contributed by atoms with E-state index in [2.05, 4.69) is 47.1 Å². The SMILES string of the molecule is Cc1cccc2sc(Nc3ncnc(NNC(=O)c4ccccc4Br)c3N)nc12. The van der Waals surface area contributed by atoms with Gasteiger partial charge in [0.2, 0.25) is 0 Å². The summed E-state index contributed by atoms with van der Waals surface area (Å²) in [5.41, 5.74) is 14.3. The lowest BCUT2D eigenvalue weighted by molar-refractivity contribution is 0.0961. The van der Waals surface area contributed by atoms with Crippen molar-refractivity contribution in [1.82, 2.24) is 20.4 Å². The van der Waals surface area contributed by atoms with E-state index in [1.54, 1.807) is 18.2 Å². The minimum absolute atomic E-state index is 0.260. The number of halogens is 1. The average molecular weight is 470 g/mol. The number of nitrogens with zero attached hydrogens (tertiary/aromatic N) is 3. The fraction of sp³-hybridized carbons (Fsp3) is 0.0526. The van der Waals surface area contributed by atoms with Gasteiger partial charge in [0.25, 0.3) is 5.91 Å². The first-order chi connectivity index (χ1) is 14.0. The number of para-hydroxylation sites is 1. The third kappa shape index (κ3) is 3.98. The zero-order chi connectivity index (χ0) is 20.4. The van der Waals surface area contributed by atoms with E-state index in [9.17, 15) is 4.79 Å². The number of nitrogens with two attached hydrogens (primary N) is 1. The molecule has 0 saturated carbocycles. The summed E-state index contributed by atoms with van der Waals surface area (Å²) in [7, 11) is 0. The fourth-order valence-electron chi connectivity index (χ4n) is 2.66. The number of amides is 1. The molecule has 0 spiro atoms. The number of hydrogen-bond acceptors (Lipinski definition) is 8. The van der Waals surface area contributed by atoms with E-state index in [0.29, 0.717) is 21.0 Å². The van der Waals surface area contributed by atoms with Crippen molar-refractivity contribution >= 4 is 65.8 Å². The number of thiazole rings is 1. The number of aryl methyl sites for hydroxylation is 1. The molecule has 0 fully saturated rings. The minimum atomic E-state index is -0.327. The zero-order valence-corrected chi connectivity index (χ0v) is 17.6.